The summed E-state index contributed by atoms with van der Waals surface area (Å²) in [5.74, 6) is 1.60. The third-order valence-electron chi connectivity index (χ3n) is 4.03. The highest BCUT2D eigenvalue weighted by Crippen LogP contribution is 2.20. The van der Waals surface area contributed by atoms with Gasteiger partial charge in [-0.1, -0.05) is 26.0 Å². The average molecular weight is 262 g/mol. The van der Waals surface area contributed by atoms with Crippen molar-refractivity contribution < 1.29 is 9.64 Å². The Bertz CT molecular complexity index is 369. The quantitative estimate of drug-likeness (QED) is 0.778. The summed E-state index contributed by atoms with van der Waals surface area (Å²) in [4.78, 5) is 1.77. The molecule has 1 aliphatic rings. The van der Waals surface area contributed by atoms with Crippen LogP contribution >= 0.6 is 0 Å². The summed E-state index contributed by atoms with van der Waals surface area (Å²) in [6, 6.07) is 8.52. The SMILES string of the molecule is CC(C)c1cccc(OCCC[NH+]2CCCCC2)c1. The van der Waals surface area contributed by atoms with Crippen molar-refractivity contribution in [2.75, 3.05) is 26.2 Å². The molecule has 1 N–H and O–H groups in total. The zero-order valence-corrected chi connectivity index (χ0v) is 12.5. The first-order valence-electron chi connectivity index (χ1n) is 7.82. The molecule has 1 fully saturated rings. The molecule has 0 bridgehead atoms. The highest BCUT2D eigenvalue weighted by Gasteiger charge is 2.12. The maximum Gasteiger partial charge on any atom is 0.119 e. The maximum atomic E-state index is 5.87. The molecular weight excluding hydrogens is 234 g/mol. The van der Waals surface area contributed by atoms with E-state index in [1.54, 1.807) is 4.90 Å². The molecule has 1 aromatic carbocycles. The van der Waals surface area contributed by atoms with Crippen molar-refractivity contribution in [1.29, 1.82) is 0 Å². The monoisotopic (exact) mass is 262 g/mol. The normalized spacial score (nSPS) is 16.8. The van der Waals surface area contributed by atoms with E-state index in [9.17, 15) is 0 Å². The van der Waals surface area contributed by atoms with Crippen LogP contribution in [0.25, 0.3) is 0 Å². The van der Waals surface area contributed by atoms with E-state index in [1.807, 2.05) is 0 Å². The number of rotatable bonds is 6. The van der Waals surface area contributed by atoms with E-state index in [-0.39, 0.29) is 0 Å². The minimum atomic E-state index is 0.571. The van der Waals surface area contributed by atoms with Crippen LogP contribution in [-0.2, 0) is 0 Å². The number of hydrogen-bond acceptors (Lipinski definition) is 1. The van der Waals surface area contributed by atoms with Gasteiger partial charge < -0.3 is 9.64 Å². The molecule has 0 spiro atoms. The van der Waals surface area contributed by atoms with Gasteiger partial charge in [-0.3, -0.25) is 0 Å². The largest absolute Gasteiger partial charge is 0.493 e. The summed E-state index contributed by atoms with van der Waals surface area (Å²) in [6.07, 6.45) is 5.42. The van der Waals surface area contributed by atoms with E-state index in [2.05, 4.69) is 38.1 Å². The van der Waals surface area contributed by atoms with Crippen LogP contribution in [0.4, 0.5) is 0 Å². The summed E-state index contributed by atoms with van der Waals surface area (Å²) < 4.78 is 5.87. The van der Waals surface area contributed by atoms with Gasteiger partial charge in [0.1, 0.15) is 5.75 Å². The van der Waals surface area contributed by atoms with Crippen molar-refractivity contribution >= 4 is 0 Å². The fourth-order valence-corrected chi connectivity index (χ4v) is 2.78. The highest BCUT2D eigenvalue weighted by atomic mass is 16.5. The second-order valence-electron chi connectivity index (χ2n) is 5.99. The molecule has 0 saturated carbocycles. The number of ether oxygens (including phenoxy) is 1. The first-order chi connectivity index (χ1) is 9.25. The lowest BCUT2D eigenvalue weighted by molar-refractivity contribution is -0.905. The van der Waals surface area contributed by atoms with Gasteiger partial charge in [0, 0.05) is 6.42 Å². The first kappa shape index (κ1) is 14.4. The second-order valence-corrected chi connectivity index (χ2v) is 5.99. The zero-order chi connectivity index (χ0) is 13.5. The van der Waals surface area contributed by atoms with Gasteiger partial charge in [-0.2, -0.15) is 0 Å². The highest BCUT2D eigenvalue weighted by molar-refractivity contribution is 5.30. The lowest BCUT2D eigenvalue weighted by Crippen LogP contribution is -3.12. The number of piperidine rings is 1. The predicted molar refractivity (Wildman–Crippen MR) is 80.1 cm³/mol. The molecule has 2 rings (SSSR count). The van der Waals surface area contributed by atoms with Gasteiger partial charge in [-0.25, -0.2) is 0 Å². The first-order valence-corrected chi connectivity index (χ1v) is 7.82. The molecule has 1 heterocycles. The van der Waals surface area contributed by atoms with Crippen LogP contribution in [0.2, 0.25) is 0 Å². The van der Waals surface area contributed by atoms with E-state index < -0.39 is 0 Å². The minimum Gasteiger partial charge on any atom is -0.493 e. The number of likely N-dealkylation sites (tertiary alicyclic amines) is 1. The molecule has 2 heteroatoms. The van der Waals surface area contributed by atoms with Crippen molar-refractivity contribution in [2.24, 2.45) is 0 Å². The van der Waals surface area contributed by atoms with Crippen LogP contribution in [0, 0.1) is 0 Å². The van der Waals surface area contributed by atoms with Gasteiger partial charge in [0.25, 0.3) is 0 Å². The molecule has 0 aromatic heterocycles. The van der Waals surface area contributed by atoms with Crippen LogP contribution in [0.15, 0.2) is 24.3 Å². The van der Waals surface area contributed by atoms with Crippen LogP contribution < -0.4 is 9.64 Å². The molecule has 1 saturated heterocycles. The number of benzene rings is 1. The van der Waals surface area contributed by atoms with Gasteiger partial charge in [0.15, 0.2) is 0 Å². The van der Waals surface area contributed by atoms with E-state index >= 15 is 0 Å². The molecule has 0 atom stereocenters. The number of hydrogen-bond donors (Lipinski definition) is 1. The Kier molecular flexibility index (Phi) is 5.71. The zero-order valence-electron chi connectivity index (χ0n) is 12.5. The van der Waals surface area contributed by atoms with Gasteiger partial charge in [0.2, 0.25) is 0 Å². The van der Waals surface area contributed by atoms with Crippen LogP contribution in [0.3, 0.4) is 0 Å². The summed E-state index contributed by atoms with van der Waals surface area (Å²) in [7, 11) is 0. The van der Waals surface area contributed by atoms with Crippen molar-refractivity contribution in [2.45, 2.75) is 45.4 Å². The Balaban J connectivity index is 1.68. The second kappa shape index (κ2) is 7.54. The van der Waals surface area contributed by atoms with Gasteiger partial charge in [-0.15, -0.1) is 0 Å². The van der Waals surface area contributed by atoms with Crippen LogP contribution in [0.1, 0.15) is 51.0 Å². The predicted octanol–water partition coefficient (Wildman–Crippen LogP) is 2.65. The molecular formula is C17H28NO+. The van der Waals surface area contributed by atoms with Crippen molar-refractivity contribution in [3.63, 3.8) is 0 Å². The Labute approximate surface area is 117 Å². The third kappa shape index (κ3) is 4.87. The maximum absolute atomic E-state index is 5.87. The van der Waals surface area contributed by atoms with Crippen LogP contribution in [-0.4, -0.2) is 26.2 Å². The molecule has 0 aliphatic carbocycles. The van der Waals surface area contributed by atoms with Gasteiger partial charge in [-0.05, 0) is 42.9 Å². The van der Waals surface area contributed by atoms with E-state index in [0.29, 0.717) is 5.92 Å². The smallest absolute Gasteiger partial charge is 0.119 e. The molecule has 0 amide bonds. The van der Waals surface area contributed by atoms with E-state index in [4.69, 9.17) is 4.74 Å². The van der Waals surface area contributed by atoms with Crippen molar-refractivity contribution in [3.05, 3.63) is 29.8 Å². The summed E-state index contributed by atoms with van der Waals surface area (Å²) in [6.45, 7) is 9.29. The summed E-state index contributed by atoms with van der Waals surface area (Å²) in [5, 5.41) is 0. The Morgan fingerprint density at radius 1 is 1.16 bits per heavy atom. The Morgan fingerprint density at radius 2 is 1.95 bits per heavy atom. The summed E-state index contributed by atoms with van der Waals surface area (Å²) in [5.41, 5.74) is 1.36. The van der Waals surface area contributed by atoms with Gasteiger partial charge in [0.05, 0.1) is 26.2 Å². The molecule has 2 nitrogen and oxygen atoms in total. The molecule has 106 valence electrons. The molecule has 1 aliphatic heterocycles. The molecule has 0 radical (unpaired) electrons. The molecule has 1 aromatic rings. The lowest BCUT2D eigenvalue weighted by atomic mass is 10.0. The molecule has 19 heavy (non-hydrogen) atoms. The van der Waals surface area contributed by atoms with E-state index in [1.165, 1.54) is 50.9 Å². The number of nitrogens with one attached hydrogen (secondary N) is 1. The third-order valence-corrected chi connectivity index (χ3v) is 4.03. The molecule has 0 unspecified atom stereocenters. The lowest BCUT2D eigenvalue weighted by Gasteiger charge is -2.23. The van der Waals surface area contributed by atoms with Crippen molar-refractivity contribution in [3.8, 4) is 5.75 Å². The topological polar surface area (TPSA) is 13.7 Å². The fourth-order valence-electron chi connectivity index (χ4n) is 2.78. The number of quaternary nitrogens is 1. The fraction of sp³-hybridized carbons (Fsp3) is 0.647. The van der Waals surface area contributed by atoms with E-state index in [0.717, 1.165) is 12.4 Å². The standard InChI is InChI=1S/C17H27NO/c1-15(2)16-8-6-9-17(14-16)19-13-7-12-18-10-4-3-5-11-18/h6,8-9,14-15H,3-5,7,10-13H2,1-2H3/p+1. The minimum absolute atomic E-state index is 0.571. The average Bonchev–Trinajstić information content (AvgIpc) is 2.45. The Morgan fingerprint density at radius 3 is 2.68 bits per heavy atom. The Hall–Kier alpha value is -1.02. The van der Waals surface area contributed by atoms with Gasteiger partial charge >= 0.3 is 0 Å². The summed E-state index contributed by atoms with van der Waals surface area (Å²) >= 11 is 0. The van der Waals surface area contributed by atoms with Crippen LogP contribution in [0.5, 0.6) is 5.75 Å². The van der Waals surface area contributed by atoms with Crippen molar-refractivity contribution in [1.82, 2.24) is 0 Å².